The summed E-state index contributed by atoms with van der Waals surface area (Å²) in [7, 11) is 0. The van der Waals surface area contributed by atoms with Crippen molar-refractivity contribution >= 4 is 11.7 Å². The van der Waals surface area contributed by atoms with E-state index in [9.17, 15) is 14.9 Å². The third-order valence-electron chi connectivity index (χ3n) is 4.47. The van der Waals surface area contributed by atoms with E-state index in [0.29, 0.717) is 22.6 Å². The zero-order valence-corrected chi connectivity index (χ0v) is 16.2. The highest BCUT2D eigenvalue weighted by molar-refractivity contribution is 5.90. The molecule has 1 aromatic heterocycles. The van der Waals surface area contributed by atoms with Gasteiger partial charge in [-0.2, -0.15) is 0 Å². The van der Waals surface area contributed by atoms with E-state index in [0.717, 1.165) is 11.3 Å². The van der Waals surface area contributed by atoms with Crippen molar-refractivity contribution in [3.05, 3.63) is 86.8 Å². The third-order valence-corrected chi connectivity index (χ3v) is 4.47. The summed E-state index contributed by atoms with van der Waals surface area (Å²) in [6.45, 7) is 5.57. The summed E-state index contributed by atoms with van der Waals surface area (Å²) < 4.78 is 16.3. The van der Waals surface area contributed by atoms with Crippen molar-refractivity contribution in [3.8, 4) is 5.75 Å². The van der Waals surface area contributed by atoms with E-state index in [1.165, 1.54) is 12.1 Å². The van der Waals surface area contributed by atoms with Crippen LogP contribution in [0.3, 0.4) is 0 Å². The van der Waals surface area contributed by atoms with Crippen molar-refractivity contribution < 1.29 is 23.7 Å². The zero-order chi connectivity index (χ0) is 21.0. The van der Waals surface area contributed by atoms with E-state index in [-0.39, 0.29) is 12.3 Å². The van der Waals surface area contributed by atoms with Crippen LogP contribution in [-0.4, -0.2) is 16.0 Å². The molecular weight excluding hydrogens is 376 g/mol. The fourth-order valence-electron chi connectivity index (χ4n) is 2.76. The molecule has 0 fully saturated rings. The molecule has 0 spiro atoms. The second-order valence-corrected chi connectivity index (χ2v) is 6.52. The van der Waals surface area contributed by atoms with E-state index >= 15 is 0 Å². The van der Waals surface area contributed by atoms with Crippen LogP contribution in [0.15, 0.2) is 53.1 Å². The van der Waals surface area contributed by atoms with Gasteiger partial charge in [0.2, 0.25) is 0 Å². The van der Waals surface area contributed by atoms with Gasteiger partial charge in [0.25, 0.3) is 5.69 Å². The minimum Gasteiger partial charge on any atom is -0.489 e. The predicted molar refractivity (Wildman–Crippen MR) is 104 cm³/mol. The minimum atomic E-state index is -0.644. The smallest absolute Gasteiger partial charge is 0.338 e. The number of non-ortho nitro benzene ring substituents is 1. The van der Waals surface area contributed by atoms with E-state index in [1.54, 1.807) is 43.3 Å². The second-order valence-electron chi connectivity index (χ2n) is 6.52. The molecule has 29 heavy (non-hydrogen) atoms. The van der Waals surface area contributed by atoms with Crippen molar-refractivity contribution in [2.75, 3.05) is 0 Å². The largest absolute Gasteiger partial charge is 0.489 e. The first-order valence-electron chi connectivity index (χ1n) is 8.95. The van der Waals surface area contributed by atoms with Crippen LogP contribution in [0.2, 0.25) is 0 Å². The second kappa shape index (κ2) is 8.55. The molecule has 8 nitrogen and oxygen atoms in total. The zero-order valence-electron chi connectivity index (χ0n) is 16.2. The summed E-state index contributed by atoms with van der Waals surface area (Å²) in [6.07, 6.45) is -0.644. The van der Waals surface area contributed by atoms with Gasteiger partial charge in [0.1, 0.15) is 24.2 Å². The van der Waals surface area contributed by atoms with E-state index < -0.39 is 17.0 Å². The Morgan fingerprint density at radius 2 is 1.97 bits per heavy atom. The van der Waals surface area contributed by atoms with Crippen LogP contribution in [0.1, 0.15) is 46.0 Å². The molecule has 0 N–H and O–H groups in total. The Morgan fingerprint density at radius 3 is 2.66 bits per heavy atom. The highest BCUT2D eigenvalue weighted by atomic mass is 16.6. The Balaban J connectivity index is 1.67. The normalized spacial score (nSPS) is 11.7. The number of aryl methyl sites for hydroxylation is 2. The molecule has 0 amide bonds. The number of hydrogen-bond acceptors (Lipinski definition) is 7. The average molecular weight is 396 g/mol. The van der Waals surface area contributed by atoms with Crippen molar-refractivity contribution in [1.82, 2.24) is 5.16 Å². The Kier molecular flexibility index (Phi) is 5.92. The molecule has 2 aromatic carbocycles. The topological polar surface area (TPSA) is 105 Å². The van der Waals surface area contributed by atoms with Crippen LogP contribution >= 0.6 is 0 Å². The lowest BCUT2D eigenvalue weighted by atomic mass is 10.1. The van der Waals surface area contributed by atoms with Crippen LogP contribution in [0, 0.1) is 24.0 Å². The van der Waals surface area contributed by atoms with Gasteiger partial charge in [-0.25, -0.2) is 4.79 Å². The van der Waals surface area contributed by atoms with Gasteiger partial charge >= 0.3 is 5.97 Å². The fraction of sp³-hybridized carbons (Fsp3) is 0.238. The highest BCUT2D eigenvalue weighted by Crippen LogP contribution is 2.24. The van der Waals surface area contributed by atoms with Gasteiger partial charge in [0.15, 0.2) is 0 Å². The first-order chi connectivity index (χ1) is 13.8. The minimum absolute atomic E-state index is 0.0554. The molecule has 150 valence electrons. The molecule has 0 aliphatic heterocycles. The summed E-state index contributed by atoms with van der Waals surface area (Å²) in [5.41, 5.74) is 2.41. The number of ether oxygens (including phenoxy) is 2. The van der Waals surface area contributed by atoms with Gasteiger partial charge < -0.3 is 14.0 Å². The molecule has 1 atom stereocenters. The monoisotopic (exact) mass is 396 g/mol. The molecule has 0 bridgehead atoms. The van der Waals surface area contributed by atoms with Gasteiger partial charge in [0.05, 0.1) is 21.7 Å². The third kappa shape index (κ3) is 4.78. The van der Waals surface area contributed by atoms with Crippen LogP contribution in [0.4, 0.5) is 5.69 Å². The molecule has 0 unspecified atom stereocenters. The summed E-state index contributed by atoms with van der Waals surface area (Å²) in [5.74, 6) is 0.637. The van der Waals surface area contributed by atoms with Crippen molar-refractivity contribution in [2.24, 2.45) is 0 Å². The number of aromatic nitrogens is 1. The Bertz CT molecular complexity index is 1020. The number of benzene rings is 2. The molecule has 0 aliphatic carbocycles. The van der Waals surface area contributed by atoms with E-state index in [4.69, 9.17) is 14.0 Å². The summed E-state index contributed by atoms with van der Waals surface area (Å²) >= 11 is 0. The number of esters is 1. The molecule has 0 saturated carbocycles. The number of carbonyl (C=O) groups is 1. The Morgan fingerprint density at radius 1 is 1.21 bits per heavy atom. The fourth-order valence-corrected chi connectivity index (χ4v) is 2.76. The lowest BCUT2D eigenvalue weighted by Gasteiger charge is -2.14. The maximum atomic E-state index is 12.5. The van der Waals surface area contributed by atoms with Crippen LogP contribution in [0.25, 0.3) is 0 Å². The summed E-state index contributed by atoms with van der Waals surface area (Å²) in [4.78, 5) is 22.9. The summed E-state index contributed by atoms with van der Waals surface area (Å²) in [5, 5.41) is 14.8. The first-order valence-corrected chi connectivity index (χ1v) is 8.95. The molecule has 1 heterocycles. The maximum Gasteiger partial charge on any atom is 0.338 e. The highest BCUT2D eigenvalue weighted by Gasteiger charge is 2.17. The van der Waals surface area contributed by atoms with Crippen molar-refractivity contribution in [2.45, 2.75) is 33.5 Å². The van der Waals surface area contributed by atoms with Crippen LogP contribution in [0.5, 0.6) is 5.75 Å². The lowest BCUT2D eigenvalue weighted by molar-refractivity contribution is -0.385. The van der Waals surface area contributed by atoms with Gasteiger partial charge in [-0.05, 0) is 44.5 Å². The molecule has 3 rings (SSSR count). The lowest BCUT2D eigenvalue weighted by Crippen LogP contribution is -2.10. The average Bonchev–Trinajstić information content (AvgIpc) is 3.04. The van der Waals surface area contributed by atoms with Crippen LogP contribution in [-0.2, 0) is 11.3 Å². The van der Waals surface area contributed by atoms with E-state index in [1.807, 2.05) is 13.8 Å². The number of nitrogens with zero attached hydrogens (tertiary/aromatic N) is 2. The SMILES string of the molecule is Cc1noc(C)c1COc1cccc(C(=O)O[C@@H](C)c2cccc([N+](=O)[O-])c2)c1. The molecule has 0 aliphatic rings. The summed E-state index contributed by atoms with van der Waals surface area (Å²) in [6, 6.07) is 12.6. The molecule has 0 radical (unpaired) electrons. The van der Waals surface area contributed by atoms with Crippen molar-refractivity contribution in [1.29, 1.82) is 0 Å². The number of nitro groups is 1. The van der Waals surface area contributed by atoms with Gasteiger partial charge in [-0.3, -0.25) is 10.1 Å². The molecular formula is C21H20N2O6. The number of nitro benzene ring substituents is 1. The van der Waals surface area contributed by atoms with Gasteiger partial charge in [0, 0.05) is 12.1 Å². The maximum absolute atomic E-state index is 12.5. The number of hydrogen-bond donors (Lipinski definition) is 0. The predicted octanol–water partition coefficient (Wildman–Crippen LogP) is 4.70. The first kappa shape index (κ1) is 20.1. The number of carbonyl (C=O) groups excluding carboxylic acids is 1. The molecule has 3 aromatic rings. The standard InChI is InChI=1S/C21H20N2O6/c1-13-20(15(3)29-22-13)12-27-19-9-5-7-17(11-19)21(24)28-14(2)16-6-4-8-18(10-16)23(25)26/h4-11,14H,12H2,1-3H3/t14-/m0/s1. The van der Waals surface area contributed by atoms with E-state index in [2.05, 4.69) is 5.16 Å². The van der Waals surface area contributed by atoms with Crippen LogP contribution < -0.4 is 4.74 Å². The Labute approximate surface area is 167 Å². The van der Waals surface area contributed by atoms with Gasteiger partial charge in [-0.15, -0.1) is 0 Å². The molecule has 0 saturated heterocycles. The molecule has 8 heteroatoms. The van der Waals surface area contributed by atoms with Crippen molar-refractivity contribution in [3.63, 3.8) is 0 Å². The number of rotatable bonds is 7. The Hall–Kier alpha value is -3.68. The van der Waals surface area contributed by atoms with Gasteiger partial charge in [-0.1, -0.05) is 23.4 Å². The quantitative estimate of drug-likeness (QED) is 0.324.